The Balaban J connectivity index is 2.90. The normalized spacial score (nSPS) is 12.3. The minimum atomic E-state index is -0.462. The topological polar surface area (TPSA) is 77.2 Å². The number of hydrogen-bond donors (Lipinski definition) is 2. The number of ether oxygens (including phenoxy) is 1. The van der Waals surface area contributed by atoms with Crippen LogP contribution in [0.5, 0.6) is 0 Å². The number of esters is 1. The summed E-state index contributed by atoms with van der Waals surface area (Å²) >= 11 is 3.27. The van der Waals surface area contributed by atoms with Gasteiger partial charge in [0.25, 0.3) is 0 Å². The van der Waals surface area contributed by atoms with Crippen LogP contribution in [0.15, 0.2) is 16.7 Å². The molecule has 1 heterocycles. The number of nitrogens with zero attached hydrogens (tertiary/aromatic N) is 1. The molecule has 3 N–H and O–H groups in total. The third-order valence-electron chi connectivity index (χ3n) is 2.30. The van der Waals surface area contributed by atoms with E-state index in [9.17, 15) is 4.79 Å². The van der Waals surface area contributed by atoms with Gasteiger partial charge in [0.1, 0.15) is 11.9 Å². The molecule has 1 atom stereocenters. The zero-order valence-electron chi connectivity index (χ0n) is 10.0. The highest BCUT2D eigenvalue weighted by Crippen LogP contribution is 2.22. The fraction of sp³-hybridized carbons (Fsp3) is 0.455. The van der Waals surface area contributed by atoms with Crippen LogP contribution in [0.3, 0.4) is 0 Å². The summed E-state index contributed by atoms with van der Waals surface area (Å²) in [5, 5.41) is 2.99. The Bertz CT molecular complexity index is 410. The van der Waals surface area contributed by atoms with Crippen LogP contribution in [0.1, 0.15) is 13.8 Å². The summed E-state index contributed by atoms with van der Waals surface area (Å²) in [5.41, 5.74) is 6.28. The first-order valence-corrected chi connectivity index (χ1v) is 6.00. The quantitative estimate of drug-likeness (QED) is 0.832. The fourth-order valence-electron chi connectivity index (χ4n) is 1.35. The number of hydrogen-bond acceptors (Lipinski definition) is 5. The summed E-state index contributed by atoms with van der Waals surface area (Å²) in [4.78, 5) is 15.7. The van der Waals surface area contributed by atoms with E-state index in [-0.39, 0.29) is 11.9 Å². The molecule has 94 valence electrons. The van der Waals surface area contributed by atoms with Crippen molar-refractivity contribution in [1.29, 1.82) is 0 Å². The van der Waals surface area contributed by atoms with Gasteiger partial charge >= 0.3 is 5.97 Å². The molecule has 1 unspecified atom stereocenters. The van der Waals surface area contributed by atoms with Crippen LogP contribution >= 0.6 is 15.9 Å². The Morgan fingerprint density at radius 2 is 2.24 bits per heavy atom. The third kappa shape index (κ3) is 3.59. The number of nitrogens with one attached hydrogen (secondary N) is 1. The van der Waals surface area contributed by atoms with Crippen molar-refractivity contribution in [2.24, 2.45) is 5.92 Å². The molecule has 1 aromatic rings. The van der Waals surface area contributed by atoms with Gasteiger partial charge in [0, 0.05) is 10.7 Å². The molecular weight excluding hydrogens is 286 g/mol. The Morgan fingerprint density at radius 1 is 1.59 bits per heavy atom. The first-order valence-electron chi connectivity index (χ1n) is 5.21. The maximum atomic E-state index is 11.6. The number of methoxy groups -OCH3 is 1. The van der Waals surface area contributed by atoms with E-state index < -0.39 is 6.04 Å². The van der Waals surface area contributed by atoms with E-state index in [2.05, 4.69) is 26.2 Å². The van der Waals surface area contributed by atoms with Crippen molar-refractivity contribution >= 4 is 33.4 Å². The Kier molecular flexibility index (Phi) is 4.74. The Hall–Kier alpha value is -1.30. The van der Waals surface area contributed by atoms with Crippen molar-refractivity contribution in [3.63, 3.8) is 0 Å². The van der Waals surface area contributed by atoms with E-state index in [1.807, 2.05) is 13.8 Å². The highest BCUT2D eigenvalue weighted by atomic mass is 79.9. The molecule has 0 bridgehead atoms. The number of rotatable bonds is 4. The average molecular weight is 302 g/mol. The van der Waals surface area contributed by atoms with Crippen molar-refractivity contribution < 1.29 is 9.53 Å². The van der Waals surface area contributed by atoms with E-state index in [0.29, 0.717) is 11.5 Å². The van der Waals surface area contributed by atoms with Crippen molar-refractivity contribution in [3.8, 4) is 0 Å². The van der Waals surface area contributed by atoms with Crippen LogP contribution < -0.4 is 11.1 Å². The van der Waals surface area contributed by atoms with Crippen LogP contribution in [0.25, 0.3) is 0 Å². The SMILES string of the molecule is COC(=O)C(Nc1ncc(Br)cc1N)C(C)C. The first kappa shape index (κ1) is 13.8. The smallest absolute Gasteiger partial charge is 0.328 e. The molecule has 0 aromatic carbocycles. The lowest BCUT2D eigenvalue weighted by atomic mass is 10.0. The van der Waals surface area contributed by atoms with Gasteiger partial charge in [-0.1, -0.05) is 13.8 Å². The van der Waals surface area contributed by atoms with Crippen LogP contribution in [0.4, 0.5) is 11.5 Å². The van der Waals surface area contributed by atoms with Gasteiger partial charge in [-0.3, -0.25) is 0 Å². The lowest BCUT2D eigenvalue weighted by Gasteiger charge is -2.21. The van der Waals surface area contributed by atoms with Gasteiger partial charge in [0.2, 0.25) is 0 Å². The highest BCUT2D eigenvalue weighted by Gasteiger charge is 2.23. The average Bonchev–Trinajstić information content (AvgIpc) is 2.26. The lowest BCUT2D eigenvalue weighted by molar-refractivity contribution is -0.142. The standard InChI is InChI=1S/C11H16BrN3O2/c1-6(2)9(11(16)17-3)15-10-8(13)4-7(12)5-14-10/h4-6,9H,13H2,1-3H3,(H,14,15). The monoisotopic (exact) mass is 301 g/mol. The number of nitrogen functional groups attached to an aromatic ring is 1. The molecule has 0 radical (unpaired) electrons. The lowest BCUT2D eigenvalue weighted by Crippen LogP contribution is -2.36. The molecule has 1 rings (SSSR count). The maximum absolute atomic E-state index is 11.6. The maximum Gasteiger partial charge on any atom is 0.328 e. The third-order valence-corrected chi connectivity index (χ3v) is 2.73. The van der Waals surface area contributed by atoms with Gasteiger partial charge in [-0.05, 0) is 27.9 Å². The second-order valence-electron chi connectivity index (χ2n) is 3.98. The molecule has 6 heteroatoms. The minimum absolute atomic E-state index is 0.0762. The highest BCUT2D eigenvalue weighted by molar-refractivity contribution is 9.10. The molecule has 5 nitrogen and oxygen atoms in total. The van der Waals surface area contributed by atoms with Crippen LogP contribution in [-0.2, 0) is 9.53 Å². The van der Waals surface area contributed by atoms with Crippen LogP contribution in [-0.4, -0.2) is 24.1 Å². The van der Waals surface area contributed by atoms with Crippen molar-refractivity contribution in [3.05, 3.63) is 16.7 Å². The van der Waals surface area contributed by atoms with E-state index in [4.69, 9.17) is 10.5 Å². The Morgan fingerprint density at radius 3 is 2.71 bits per heavy atom. The molecule has 0 amide bonds. The number of aromatic nitrogens is 1. The predicted octanol–water partition coefficient (Wildman–Crippen LogP) is 2.04. The molecule has 0 spiro atoms. The van der Waals surface area contributed by atoms with Gasteiger partial charge in [-0.25, -0.2) is 9.78 Å². The molecule has 0 aliphatic rings. The fourth-order valence-corrected chi connectivity index (χ4v) is 1.70. The summed E-state index contributed by atoms with van der Waals surface area (Å²) in [6.45, 7) is 3.84. The number of nitrogens with two attached hydrogens (primary N) is 1. The second-order valence-corrected chi connectivity index (χ2v) is 4.90. The first-order chi connectivity index (χ1) is 7.95. The molecule has 1 aromatic heterocycles. The van der Waals surface area contributed by atoms with Crippen LogP contribution in [0.2, 0.25) is 0 Å². The van der Waals surface area contributed by atoms with Gasteiger partial charge in [-0.15, -0.1) is 0 Å². The van der Waals surface area contributed by atoms with Gasteiger partial charge in [-0.2, -0.15) is 0 Å². The van der Waals surface area contributed by atoms with E-state index in [0.717, 1.165) is 4.47 Å². The molecule has 0 aliphatic heterocycles. The van der Waals surface area contributed by atoms with E-state index in [1.165, 1.54) is 7.11 Å². The summed E-state index contributed by atoms with van der Waals surface area (Å²) < 4.78 is 5.52. The number of pyridine rings is 1. The minimum Gasteiger partial charge on any atom is -0.467 e. The molecular formula is C11H16BrN3O2. The van der Waals surface area contributed by atoms with E-state index in [1.54, 1.807) is 12.3 Å². The number of anilines is 2. The van der Waals surface area contributed by atoms with Crippen molar-refractivity contribution in [2.75, 3.05) is 18.2 Å². The van der Waals surface area contributed by atoms with Gasteiger partial charge in [0.15, 0.2) is 0 Å². The molecule has 0 fully saturated rings. The van der Waals surface area contributed by atoms with Crippen LogP contribution in [0, 0.1) is 5.92 Å². The van der Waals surface area contributed by atoms with Gasteiger partial charge in [0.05, 0.1) is 12.8 Å². The van der Waals surface area contributed by atoms with Crippen molar-refractivity contribution in [1.82, 2.24) is 4.98 Å². The summed E-state index contributed by atoms with van der Waals surface area (Å²) in [7, 11) is 1.36. The zero-order chi connectivity index (χ0) is 13.0. The number of carbonyl (C=O) groups excluding carboxylic acids is 1. The number of halogens is 1. The molecule has 0 saturated carbocycles. The summed E-state index contributed by atoms with van der Waals surface area (Å²) in [6, 6.07) is 1.26. The molecule has 0 saturated heterocycles. The largest absolute Gasteiger partial charge is 0.467 e. The predicted molar refractivity (Wildman–Crippen MR) is 70.6 cm³/mol. The van der Waals surface area contributed by atoms with Crippen molar-refractivity contribution in [2.45, 2.75) is 19.9 Å². The van der Waals surface area contributed by atoms with Gasteiger partial charge < -0.3 is 15.8 Å². The molecule has 17 heavy (non-hydrogen) atoms. The summed E-state index contributed by atoms with van der Waals surface area (Å²) in [6.07, 6.45) is 1.62. The molecule has 0 aliphatic carbocycles. The van der Waals surface area contributed by atoms with E-state index >= 15 is 0 Å². The number of carbonyl (C=O) groups is 1. The Labute approximate surface area is 109 Å². The second kappa shape index (κ2) is 5.86. The summed E-state index contributed by atoms with van der Waals surface area (Å²) in [5.74, 6) is 0.230. The zero-order valence-corrected chi connectivity index (χ0v) is 11.6.